The fraction of sp³-hybridized carbons (Fsp3) is 0.795. The van der Waals surface area contributed by atoms with Crippen molar-refractivity contribution in [2.45, 2.75) is 360 Å². The maximum Gasteiger partial charge on any atom is 0.472 e. The molecule has 0 fully saturated rings. The molecular formula is C78H144N2O7P+. The predicted molar refractivity (Wildman–Crippen MR) is 383 cm³/mol. The third-order valence-corrected chi connectivity index (χ3v) is 17.5. The van der Waals surface area contributed by atoms with Crippen LogP contribution < -0.4 is 5.32 Å². The molecule has 0 aliphatic rings. The van der Waals surface area contributed by atoms with Gasteiger partial charge in [-0.2, -0.15) is 0 Å². The van der Waals surface area contributed by atoms with Crippen molar-refractivity contribution >= 4 is 19.7 Å². The van der Waals surface area contributed by atoms with Crippen molar-refractivity contribution in [3.05, 3.63) is 85.1 Å². The minimum atomic E-state index is -4.46. The van der Waals surface area contributed by atoms with Gasteiger partial charge in [0.2, 0.25) is 5.91 Å². The average Bonchev–Trinajstić information content (AvgIpc) is 3.61. The van der Waals surface area contributed by atoms with Gasteiger partial charge in [0.05, 0.1) is 33.8 Å². The zero-order valence-corrected chi connectivity index (χ0v) is 59.6. The third-order valence-electron chi connectivity index (χ3n) is 16.6. The van der Waals surface area contributed by atoms with Crippen molar-refractivity contribution in [3.63, 3.8) is 0 Å². The number of unbranched alkanes of at least 4 members (excludes halogenated alkanes) is 40. The highest BCUT2D eigenvalue weighted by Crippen LogP contribution is 2.43. The molecule has 0 aromatic heterocycles. The molecule has 9 nitrogen and oxygen atoms in total. The summed E-state index contributed by atoms with van der Waals surface area (Å²) in [7, 11) is 1.50. The van der Waals surface area contributed by atoms with E-state index < -0.39 is 20.0 Å². The first kappa shape index (κ1) is 85.2. The molecule has 0 saturated carbocycles. The van der Waals surface area contributed by atoms with E-state index in [9.17, 15) is 19.0 Å². The largest absolute Gasteiger partial charge is 0.472 e. The Labute approximate surface area is 546 Å². The van der Waals surface area contributed by atoms with Crippen molar-refractivity contribution < 1.29 is 37.3 Å². The molecule has 1 amide bonds. The Morgan fingerprint density at radius 2 is 0.693 bits per heavy atom. The lowest BCUT2D eigenvalue weighted by molar-refractivity contribution is -0.870. The third kappa shape index (κ3) is 67.6. The number of nitrogens with zero attached hydrogens (tertiary/aromatic N) is 1. The van der Waals surface area contributed by atoms with E-state index in [0.717, 1.165) is 83.5 Å². The average molecular weight is 1250 g/mol. The smallest absolute Gasteiger partial charge is 0.456 e. The van der Waals surface area contributed by atoms with Gasteiger partial charge < -0.3 is 19.4 Å². The van der Waals surface area contributed by atoms with Crippen LogP contribution in [0.15, 0.2) is 85.1 Å². The molecule has 0 bridgehead atoms. The van der Waals surface area contributed by atoms with Crippen LogP contribution in [0.5, 0.6) is 0 Å². The number of hydrogen-bond acceptors (Lipinski definition) is 6. The molecule has 10 heteroatoms. The van der Waals surface area contributed by atoms with Crippen LogP contribution in [-0.4, -0.2) is 74.3 Å². The van der Waals surface area contributed by atoms with Gasteiger partial charge in [-0.05, 0) is 109 Å². The van der Waals surface area contributed by atoms with Crippen LogP contribution in [0.4, 0.5) is 0 Å². The van der Waals surface area contributed by atoms with Crippen LogP contribution in [-0.2, 0) is 27.9 Å². The van der Waals surface area contributed by atoms with Gasteiger partial charge in [-0.15, -0.1) is 0 Å². The summed E-state index contributed by atoms with van der Waals surface area (Å²) in [6.07, 6.45) is 90.3. The van der Waals surface area contributed by atoms with Crippen molar-refractivity contribution in [3.8, 4) is 0 Å². The summed E-state index contributed by atoms with van der Waals surface area (Å²) in [4.78, 5) is 38.0. The summed E-state index contributed by atoms with van der Waals surface area (Å²) < 4.78 is 30.9. The summed E-state index contributed by atoms with van der Waals surface area (Å²) in [6.45, 7) is 6.99. The summed E-state index contributed by atoms with van der Waals surface area (Å²) >= 11 is 0. The maximum atomic E-state index is 13.6. The fourth-order valence-corrected chi connectivity index (χ4v) is 11.5. The van der Waals surface area contributed by atoms with E-state index in [2.05, 4.69) is 99.0 Å². The zero-order chi connectivity index (χ0) is 64.2. The molecule has 3 unspecified atom stereocenters. The molecule has 0 saturated heterocycles. The zero-order valence-electron chi connectivity index (χ0n) is 58.7. The first-order valence-electron chi connectivity index (χ1n) is 37.4. The topological polar surface area (TPSA) is 111 Å². The Bertz CT molecular complexity index is 1780. The second-order valence-corrected chi connectivity index (χ2v) is 27.9. The highest BCUT2D eigenvalue weighted by atomic mass is 31.2. The van der Waals surface area contributed by atoms with Crippen LogP contribution in [0, 0.1) is 0 Å². The molecule has 88 heavy (non-hydrogen) atoms. The van der Waals surface area contributed by atoms with Crippen LogP contribution in [0.25, 0.3) is 0 Å². The summed E-state index contributed by atoms with van der Waals surface area (Å²) in [5, 5.41) is 3.07. The minimum absolute atomic E-state index is 0.0376. The molecule has 0 spiro atoms. The van der Waals surface area contributed by atoms with Gasteiger partial charge in [-0.25, -0.2) is 4.57 Å². The highest BCUT2D eigenvalue weighted by Gasteiger charge is 2.30. The van der Waals surface area contributed by atoms with Crippen LogP contribution in [0.3, 0.4) is 0 Å². The number of allylic oxidation sites excluding steroid dienone is 13. The number of nitrogens with one attached hydrogen (secondary N) is 1. The van der Waals surface area contributed by atoms with E-state index in [0.29, 0.717) is 17.4 Å². The SMILES string of the molecule is CCCCC/C=C\C/C=C\C/C=C\CCCCCCCCCCCCCCCCC(=O)OC(/C=C/CCCCCCCCCCCC)C(COP(=O)(O)OCC[N+](C)(C)C)NC(=O)CCCCCCCCCCCC/C=C\C/C=C\C/C=C\CCCCC. The number of hydrogen-bond donors (Lipinski definition) is 2. The Hall–Kier alpha value is -2.81. The van der Waals surface area contributed by atoms with Gasteiger partial charge in [0.15, 0.2) is 0 Å². The minimum Gasteiger partial charge on any atom is -0.456 e. The number of likely N-dealkylation sites (N-methyl/N-ethyl adjacent to an activating group) is 1. The molecule has 3 atom stereocenters. The molecule has 0 radical (unpaired) electrons. The van der Waals surface area contributed by atoms with Gasteiger partial charge in [-0.3, -0.25) is 18.6 Å². The van der Waals surface area contributed by atoms with E-state index in [1.807, 2.05) is 33.3 Å². The molecular weight excluding hydrogens is 1110 g/mol. The van der Waals surface area contributed by atoms with Gasteiger partial charge >= 0.3 is 13.8 Å². The second-order valence-electron chi connectivity index (χ2n) is 26.5. The number of quaternary nitrogens is 1. The maximum absolute atomic E-state index is 13.6. The summed E-state index contributed by atoms with van der Waals surface area (Å²) in [5.41, 5.74) is 0. The molecule has 0 aliphatic carbocycles. The molecule has 512 valence electrons. The first-order chi connectivity index (χ1) is 42.9. The van der Waals surface area contributed by atoms with Gasteiger partial charge in [0.1, 0.15) is 19.3 Å². The number of phosphoric acid groups is 1. The molecule has 0 aromatic rings. The van der Waals surface area contributed by atoms with Crippen molar-refractivity contribution in [2.75, 3.05) is 40.9 Å². The molecule has 0 heterocycles. The standard InChI is InChI=1S/C78H143N2O7P/c1-7-10-13-16-19-22-25-28-30-32-34-36-38-39-40-41-43-45-47-49-51-53-56-59-62-65-68-71-78(82)87-76(69-66-63-60-57-54-27-24-21-18-15-12-9-3)75(74-86-88(83,84)85-73-72-80(4,5)6)79-77(81)70-67-64-61-58-55-52-50-48-46-44-42-37-35-33-31-29-26-23-20-17-14-11-8-2/h19-20,22-23,28-31,34-37,66,69,75-76H,7-18,21,24-27,32-33,38-65,67-68,70-74H2,1-6H3,(H-,79,81,83,84)/p+1/b22-19-,23-20-,30-28-,31-29-,36-34-,37-35-,69-66+. The Morgan fingerprint density at radius 3 is 1.06 bits per heavy atom. The highest BCUT2D eigenvalue weighted by molar-refractivity contribution is 7.47. The van der Waals surface area contributed by atoms with E-state index in [-0.39, 0.29) is 31.5 Å². The first-order valence-corrected chi connectivity index (χ1v) is 38.9. The van der Waals surface area contributed by atoms with Crippen LogP contribution >= 0.6 is 7.82 Å². The predicted octanol–water partition coefficient (Wildman–Crippen LogP) is 24.1. The lowest BCUT2D eigenvalue weighted by Gasteiger charge is -2.27. The lowest BCUT2D eigenvalue weighted by Crippen LogP contribution is -2.47. The Balaban J connectivity index is 5.00. The number of rotatable bonds is 68. The number of carbonyl (C=O) groups excluding carboxylic acids is 2. The number of carbonyl (C=O) groups is 2. The lowest BCUT2D eigenvalue weighted by atomic mass is 10.0. The molecule has 2 N–H and O–H groups in total. The summed E-state index contributed by atoms with van der Waals surface area (Å²) in [5.74, 6) is -0.501. The van der Waals surface area contributed by atoms with Crippen LogP contribution in [0.2, 0.25) is 0 Å². The summed E-state index contributed by atoms with van der Waals surface area (Å²) in [6, 6.07) is -0.855. The van der Waals surface area contributed by atoms with Gasteiger partial charge in [0, 0.05) is 12.8 Å². The number of esters is 1. The van der Waals surface area contributed by atoms with Crippen LogP contribution in [0.1, 0.15) is 348 Å². The van der Waals surface area contributed by atoms with Crippen molar-refractivity contribution in [1.29, 1.82) is 0 Å². The van der Waals surface area contributed by atoms with E-state index in [1.54, 1.807) is 0 Å². The molecule has 0 aliphatic heterocycles. The fourth-order valence-electron chi connectivity index (χ4n) is 10.8. The van der Waals surface area contributed by atoms with Gasteiger partial charge in [-0.1, -0.05) is 312 Å². The quantitative estimate of drug-likeness (QED) is 0.0205. The Kier molecular flexibility index (Phi) is 64.9. The van der Waals surface area contributed by atoms with Crippen molar-refractivity contribution in [2.24, 2.45) is 0 Å². The van der Waals surface area contributed by atoms with Gasteiger partial charge in [0.25, 0.3) is 0 Å². The van der Waals surface area contributed by atoms with E-state index in [4.69, 9.17) is 13.8 Å². The monoisotopic (exact) mass is 1250 g/mol. The van der Waals surface area contributed by atoms with E-state index >= 15 is 0 Å². The van der Waals surface area contributed by atoms with E-state index in [1.165, 1.54) is 231 Å². The number of ether oxygens (including phenoxy) is 1. The second kappa shape index (κ2) is 67.1. The number of phosphoric ester groups is 1. The van der Waals surface area contributed by atoms with Crippen molar-refractivity contribution in [1.82, 2.24) is 5.32 Å². The Morgan fingerprint density at radius 1 is 0.398 bits per heavy atom. The molecule has 0 rings (SSSR count). The number of amides is 1. The molecule has 0 aromatic carbocycles. The normalized spacial score (nSPS) is 13.9.